The maximum atomic E-state index is 5.91. The molecule has 2 aromatic rings. The van der Waals surface area contributed by atoms with Crippen molar-refractivity contribution in [3.8, 4) is 11.5 Å². The van der Waals surface area contributed by atoms with Gasteiger partial charge in [-0.2, -0.15) is 0 Å². The summed E-state index contributed by atoms with van der Waals surface area (Å²) in [4.78, 5) is 12.6. The zero-order valence-electron chi connectivity index (χ0n) is 12.8. The molecule has 0 bridgehead atoms. The lowest BCUT2D eigenvalue weighted by molar-refractivity contribution is 0.405. The van der Waals surface area contributed by atoms with Gasteiger partial charge in [0.2, 0.25) is 0 Å². The van der Waals surface area contributed by atoms with E-state index >= 15 is 0 Å². The minimum Gasteiger partial charge on any atom is -0.497 e. The van der Waals surface area contributed by atoms with E-state index in [1.54, 1.807) is 44.7 Å². The number of aliphatic imine (C=N–C) groups is 1. The molecule has 116 valence electrons. The van der Waals surface area contributed by atoms with Crippen molar-refractivity contribution in [3.05, 3.63) is 42.0 Å². The average molecular weight is 301 g/mol. The van der Waals surface area contributed by atoms with Gasteiger partial charge in [0.15, 0.2) is 5.96 Å². The summed E-state index contributed by atoms with van der Waals surface area (Å²) >= 11 is 0. The smallest absolute Gasteiger partial charge is 0.193 e. The van der Waals surface area contributed by atoms with Gasteiger partial charge in [0.1, 0.15) is 17.3 Å². The molecule has 1 aromatic heterocycles. The molecule has 0 saturated carbocycles. The maximum Gasteiger partial charge on any atom is 0.193 e. The van der Waals surface area contributed by atoms with Crippen molar-refractivity contribution in [3.63, 3.8) is 0 Å². The fourth-order valence-corrected chi connectivity index (χ4v) is 1.85. The molecule has 0 atom stereocenters. The molecule has 0 radical (unpaired) electrons. The lowest BCUT2D eigenvalue weighted by Crippen LogP contribution is -2.23. The number of anilines is 1. The van der Waals surface area contributed by atoms with Gasteiger partial charge in [0.25, 0.3) is 0 Å². The largest absolute Gasteiger partial charge is 0.497 e. The summed E-state index contributed by atoms with van der Waals surface area (Å²) in [5.41, 5.74) is 7.39. The molecule has 0 fully saturated rings. The van der Waals surface area contributed by atoms with Crippen molar-refractivity contribution >= 4 is 11.6 Å². The lowest BCUT2D eigenvalue weighted by atomic mass is 10.2. The van der Waals surface area contributed by atoms with Crippen LogP contribution in [-0.4, -0.2) is 30.1 Å². The van der Waals surface area contributed by atoms with E-state index in [0.717, 1.165) is 5.69 Å². The van der Waals surface area contributed by atoms with E-state index in [-0.39, 0.29) is 5.96 Å². The van der Waals surface area contributed by atoms with Crippen molar-refractivity contribution in [2.24, 2.45) is 10.7 Å². The first-order chi connectivity index (χ1) is 10.6. The first-order valence-corrected chi connectivity index (χ1v) is 6.70. The van der Waals surface area contributed by atoms with Crippen molar-refractivity contribution in [1.29, 1.82) is 0 Å². The van der Waals surface area contributed by atoms with E-state index in [1.807, 2.05) is 6.92 Å². The van der Waals surface area contributed by atoms with Gasteiger partial charge in [0, 0.05) is 12.3 Å². The number of nitrogens with one attached hydrogen (secondary N) is 1. The van der Waals surface area contributed by atoms with Crippen LogP contribution in [0.15, 0.2) is 35.5 Å². The van der Waals surface area contributed by atoms with Gasteiger partial charge in [-0.3, -0.25) is 0 Å². The first-order valence-electron chi connectivity index (χ1n) is 6.70. The molecule has 1 heterocycles. The number of nitrogens with two attached hydrogens (primary N) is 1. The highest BCUT2D eigenvalue weighted by atomic mass is 16.5. The second-order valence-electron chi connectivity index (χ2n) is 4.49. The number of aromatic nitrogens is 2. The molecule has 0 aliphatic carbocycles. The monoisotopic (exact) mass is 301 g/mol. The highest BCUT2D eigenvalue weighted by molar-refractivity contribution is 5.93. The highest BCUT2D eigenvalue weighted by Crippen LogP contribution is 2.28. The van der Waals surface area contributed by atoms with E-state index in [4.69, 9.17) is 15.2 Å². The zero-order valence-corrected chi connectivity index (χ0v) is 12.8. The number of aryl methyl sites for hydroxylation is 1. The van der Waals surface area contributed by atoms with Gasteiger partial charge in [-0.1, -0.05) is 0 Å². The van der Waals surface area contributed by atoms with Crippen LogP contribution in [0.5, 0.6) is 11.5 Å². The molecular formula is C15H19N5O2. The molecule has 2 rings (SSSR count). The van der Waals surface area contributed by atoms with Crippen LogP contribution in [-0.2, 0) is 6.54 Å². The molecule has 7 nitrogen and oxygen atoms in total. The molecule has 0 aliphatic rings. The molecule has 3 N–H and O–H groups in total. The summed E-state index contributed by atoms with van der Waals surface area (Å²) in [6.07, 6.45) is 1.70. The summed E-state index contributed by atoms with van der Waals surface area (Å²) < 4.78 is 10.5. The van der Waals surface area contributed by atoms with E-state index in [1.165, 1.54) is 0 Å². The highest BCUT2D eigenvalue weighted by Gasteiger charge is 2.06. The second kappa shape index (κ2) is 7.26. The second-order valence-corrected chi connectivity index (χ2v) is 4.49. The summed E-state index contributed by atoms with van der Waals surface area (Å²) in [5, 5.41) is 3.00. The van der Waals surface area contributed by atoms with Crippen LogP contribution < -0.4 is 20.5 Å². The molecule has 0 spiro atoms. The normalized spacial score (nSPS) is 11.1. The van der Waals surface area contributed by atoms with E-state index in [2.05, 4.69) is 20.3 Å². The van der Waals surface area contributed by atoms with Crippen molar-refractivity contribution in [2.75, 3.05) is 19.5 Å². The molecule has 0 unspecified atom stereocenters. The van der Waals surface area contributed by atoms with Gasteiger partial charge in [-0.25, -0.2) is 15.0 Å². The SMILES string of the molecule is COc1ccc(OC)c(NC(N)=NCc2ccnc(C)n2)c1. The summed E-state index contributed by atoms with van der Waals surface area (Å²) in [5.74, 6) is 2.32. The predicted molar refractivity (Wildman–Crippen MR) is 85.3 cm³/mol. The lowest BCUT2D eigenvalue weighted by Gasteiger charge is -2.12. The molecule has 0 aliphatic heterocycles. The number of methoxy groups -OCH3 is 2. The third kappa shape index (κ3) is 4.08. The van der Waals surface area contributed by atoms with Gasteiger partial charge in [0.05, 0.1) is 32.1 Å². The van der Waals surface area contributed by atoms with Crippen LogP contribution >= 0.6 is 0 Å². The van der Waals surface area contributed by atoms with Crippen LogP contribution in [0.2, 0.25) is 0 Å². The Balaban J connectivity index is 2.10. The molecule has 0 saturated heterocycles. The van der Waals surface area contributed by atoms with Gasteiger partial charge in [-0.05, 0) is 25.1 Å². The fourth-order valence-electron chi connectivity index (χ4n) is 1.85. The van der Waals surface area contributed by atoms with Gasteiger partial charge < -0.3 is 20.5 Å². The van der Waals surface area contributed by atoms with Gasteiger partial charge >= 0.3 is 0 Å². The minimum absolute atomic E-state index is 0.266. The van der Waals surface area contributed by atoms with Crippen LogP contribution in [0.3, 0.4) is 0 Å². The number of hydrogen-bond acceptors (Lipinski definition) is 5. The Morgan fingerprint density at radius 2 is 2.09 bits per heavy atom. The Morgan fingerprint density at radius 3 is 2.77 bits per heavy atom. The molecule has 22 heavy (non-hydrogen) atoms. The number of rotatable bonds is 5. The summed E-state index contributed by atoms with van der Waals surface area (Å²) in [7, 11) is 3.18. The number of hydrogen-bond donors (Lipinski definition) is 2. The van der Waals surface area contributed by atoms with E-state index < -0.39 is 0 Å². The third-order valence-electron chi connectivity index (χ3n) is 2.91. The summed E-state index contributed by atoms with van der Waals surface area (Å²) in [6.45, 7) is 2.20. The topological polar surface area (TPSA) is 94.7 Å². The minimum atomic E-state index is 0.266. The zero-order chi connectivity index (χ0) is 15.9. The molecule has 0 amide bonds. The van der Waals surface area contributed by atoms with Crippen molar-refractivity contribution in [2.45, 2.75) is 13.5 Å². The fraction of sp³-hybridized carbons (Fsp3) is 0.267. The Labute approximate surface area is 129 Å². The predicted octanol–water partition coefficient (Wildman–Crippen LogP) is 1.73. The summed E-state index contributed by atoms with van der Waals surface area (Å²) in [6, 6.07) is 7.19. The quantitative estimate of drug-likeness (QED) is 0.645. The Bertz CT molecular complexity index is 673. The first kappa shape index (κ1) is 15.6. The van der Waals surface area contributed by atoms with Crippen LogP contribution in [0.25, 0.3) is 0 Å². The van der Waals surface area contributed by atoms with E-state index in [0.29, 0.717) is 29.6 Å². The number of nitrogens with zero attached hydrogens (tertiary/aromatic N) is 3. The molecular weight excluding hydrogens is 282 g/mol. The Morgan fingerprint density at radius 1 is 1.27 bits per heavy atom. The number of guanidine groups is 1. The standard InChI is InChI=1S/C15H19N5O2/c1-10-17-7-6-11(19-10)9-18-15(16)20-13-8-12(21-2)4-5-14(13)22-3/h4-8H,9H2,1-3H3,(H3,16,18,20). The van der Waals surface area contributed by atoms with Crippen molar-refractivity contribution < 1.29 is 9.47 Å². The third-order valence-corrected chi connectivity index (χ3v) is 2.91. The number of ether oxygens (including phenoxy) is 2. The number of benzene rings is 1. The van der Waals surface area contributed by atoms with Crippen LogP contribution in [0, 0.1) is 6.92 Å². The average Bonchev–Trinajstić information content (AvgIpc) is 2.53. The maximum absolute atomic E-state index is 5.91. The molecule has 1 aromatic carbocycles. The van der Waals surface area contributed by atoms with E-state index in [9.17, 15) is 0 Å². The molecule has 7 heteroatoms. The Kier molecular flexibility index (Phi) is 5.13. The van der Waals surface area contributed by atoms with Crippen LogP contribution in [0.4, 0.5) is 5.69 Å². The Hall–Kier alpha value is -2.83. The van der Waals surface area contributed by atoms with Crippen LogP contribution in [0.1, 0.15) is 11.5 Å². The van der Waals surface area contributed by atoms with Gasteiger partial charge in [-0.15, -0.1) is 0 Å². The van der Waals surface area contributed by atoms with Crippen molar-refractivity contribution in [1.82, 2.24) is 9.97 Å².